The molecule has 0 bridgehead atoms. The van der Waals surface area contributed by atoms with Gasteiger partial charge in [-0.1, -0.05) is 12.1 Å². The van der Waals surface area contributed by atoms with Crippen LogP contribution in [0.1, 0.15) is 12.0 Å². The van der Waals surface area contributed by atoms with E-state index < -0.39 is 0 Å². The minimum absolute atomic E-state index is 0.0362. The molecule has 0 aliphatic rings. The number of furan rings is 1. The van der Waals surface area contributed by atoms with Crippen molar-refractivity contribution in [1.29, 1.82) is 0 Å². The first kappa shape index (κ1) is 13.2. The standard InChI is InChI=1S/C17H15NO3/c19-15-5-1-12(2-6-15)3-8-17(20)18-14-4-7-16-13(11-14)9-10-21-16/h1-2,4-7,9-11,19H,3,8H2,(H,18,20). The first-order valence-corrected chi connectivity index (χ1v) is 6.76. The monoisotopic (exact) mass is 281 g/mol. The molecule has 1 heterocycles. The van der Waals surface area contributed by atoms with Gasteiger partial charge in [0.05, 0.1) is 6.26 Å². The van der Waals surface area contributed by atoms with Crippen LogP contribution in [0.3, 0.4) is 0 Å². The third-order valence-corrected chi connectivity index (χ3v) is 3.31. The largest absolute Gasteiger partial charge is 0.508 e. The van der Waals surface area contributed by atoms with Crippen LogP contribution in [0, 0.1) is 0 Å². The van der Waals surface area contributed by atoms with Gasteiger partial charge < -0.3 is 14.8 Å². The Morgan fingerprint density at radius 1 is 1.10 bits per heavy atom. The number of amides is 1. The maximum atomic E-state index is 11.9. The van der Waals surface area contributed by atoms with Crippen LogP contribution in [0.25, 0.3) is 11.0 Å². The molecule has 0 radical (unpaired) electrons. The van der Waals surface area contributed by atoms with Crippen molar-refractivity contribution in [2.75, 3.05) is 5.32 Å². The second-order valence-corrected chi connectivity index (χ2v) is 4.89. The van der Waals surface area contributed by atoms with Crippen molar-refractivity contribution in [2.45, 2.75) is 12.8 Å². The van der Waals surface area contributed by atoms with Gasteiger partial charge in [-0.05, 0) is 48.4 Å². The Labute approximate surface area is 122 Å². The molecule has 0 saturated carbocycles. The average molecular weight is 281 g/mol. The fraction of sp³-hybridized carbons (Fsp3) is 0.118. The maximum absolute atomic E-state index is 11.9. The Morgan fingerprint density at radius 3 is 2.71 bits per heavy atom. The van der Waals surface area contributed by atoms with Crippen molar-refractivity contribution in [1.82, 2.24) is 0 Å². The number of phenolic OH excluding ortho intramolecular Hbond substituents is 1. The second-order valence-electron chi connectivity index (χ2n) is 4.89. The summed E-state index contributed by atoms with van der Waals surface area (Å²) in [5, 5.41) is 13.1. The van der Waals surface area contributed by atoms with E-state index in [0.717, 1.165) is 22.2 Å². The van der Waals surface area contributed by atoms with Crippen molar-refractivity contribution in [2.24, 2.45) is 0 Å². The molecule has 106 valence electrons. The number of hydrogen-bond acceptors (Lipinski definition) is 3. The van der Waals surface area contributed by atoms with E-state index in [1.54, 1.807) is 18.4 Å². The van der Waals surface area contributed by atoms with Crippen molar-refractivity contribution >= 4 is 22.6 Å². The van der Waals surface area contributed by atoms with Crippen LogP contribution in [0.5, 0.6) is 5.75 Å². The minimum atomic E-state index is -0.0362. The van der Waals surface area contributed by atoms with Crippen molar-refractivity contribution in [3.8, 4) is 5.75 Å². The number of rotatable bonds is 4. The summed E-state index contributed by atoms with van der Waals surface area (Å²) in [7, 11) is 0. The lowest BCUT2D eigenvalue weighted by atomic mass is 10.1. The molecular weight excluding hydrogens is 266 g/mol. The maximum Gasteiger partial charge on any atom is 0.224 e. The predicted octanol–water partition coefficient (Wildman–Crippen LogP) is 3.71. The van der Waals surface area contributed by atoms with Gasteiger partial charge in [-0.3, -0.25) is 4.79 Å². The number of anilines is 1. The molecule has 0 unspecified atom stereocenters. The Kier molecular flexibility index (Phi) is 3.60. The van der Waals surface area contributed by atoms with E-state index in [9.17, 15) is 9.90 Å². The third kappa shape index (κ3) is 3.23. The molecule has 0 fully saturated rings. The van der Waals surface area contributed by atoms with Gasteiger partial charge in [-0.25, -0.2) is 0 Å². The highest BCUT2D eigenvalue weighted by Crippen LogP contribution is 2.20. The van der Waals surface area contributed by atoms with Gasteiger partial charge in [0, 0.05) is 17.5 Å². The minimum Gasteiger partial charge on any atom is -0.508 e. The summed E-state index contributed by atoms with van der Waals surface area (Å²) in [6.45, 7) is 0. The third-order valence-electron chi connectivity index (χ3n) is 3.31. The zero-order valence-corrected chi connectivity index (χ0v) is 11.4. The van der Waals surface area contributed by atoms with E-state index in [-0.39, 0.29) is 11.7 Å². The lowest BCUT2D eigenvalue weighted by Crippen LogP contribution is -2.12. The van der Waals surface area contributed by atoms with E-state index in [1.807, 2.05) is 36.4 Å². The predicted molar refractivity (Wildman–Crippen MR) is 81.3 cm³/mol. The van der Waals surface area contributed by atoms with Gasteiger partial charge >= 0.3 is 0 Å². The lowest BCUT2D eigenvalue weighted by molar-refractivity contribution is -0.116. The molecule has 0 aliphatic heterocycles. The highest BCUT2D eigenvalue weighted by Gasteiger charge is 2.05. The van der Waals surface area contributed by atoms with Gasteiger partial charge in [0.1, 0.15) is 11.3 Å². The van der Waals surface area contributed by atoms with Crippen LogP contribution in [0.2, 0.25) is 0 Å². The smallest absolute Gasteiger partial charge is 0.224 e. The molecule has 1 amide bonds. The van der Waals surface area contributed by atoms with E-state index in [4.69, 9.17) is 4.42 Å². The quantitative estimate of drug-likeness (QED) is 0.766. The Bertz CT molecular complexity index is 759. The second kappa shape index (κ2) is 5.71. The Morgan fingerprint density at radius 2 is 1.90 bits per heavy atom. The fourth-order valence-corrected chi connectivity index (χ4v) is 2.19. The number of aromatic hydroxyl groups is 1. The average Bonchev–Trinajstić information content (AvgIpc) is 2.94. The van der Waals surface area contributed by atoms with Gasteiger partial charge in [-0.2, -0.15) is 0 Å². The first-order valence-electron chi connectivity index (χ1n) is 6.76. The summed E-state index contributed by atoms with van der Waals surface area (Å²) in [4.78, 5) is 11.9. The summed E-state index contributed by atoms with van der Waals surface area (Å²) in [5.74, 6) is 0.197. The van der Waals surface area contributed by atoms with E-state index in [0.29, 0.717) is 12.8 Å². The van der Waals surface area contributed by atoms with E-state index in [2.05, 4.69) is 5.32 Å². The van der Waals surface area contributed by atoms with Gasteiger partial charge in [-0.15, -0.1) is 0 Å². The zero-order chi connectivity index (χ0) is 14.7. The van der Waals surface area contributed by atoms with Crippen molar-refractivity contribution in [3.63, 3.8) is 0 Å². The van der Waals surface area contributed by atoms with Crippen LogP contribution < -0.4 is 5.32 Å². The molecule has 3 rings (SSSR count). The zero-order valence-electron chi connectivity index (χ0n) is 11.4. The molecule has 3 aromatic rings. The topological polar surface area (TPSA) is 62.5 Å². The number of aryl methyl sites for hydroxylation is 1. The molecule has 0 aliphatic carbocycles. The van der Waals surface area contributed by atoms with Crippen LogP contribution >= 0.6 is 0 Å². The molecule has 2 aromatic carbocycles. The summed E-state index contributed by atoms with van der Waals surface area (Å²) in [5.41, 5.74) is 2.59. The molecule has 0 atom stereocenters. The number of hydrogen-bond donors (Lipinski definition) is 2. The molecule has 0 spiro atoms. The SMILES string of the molecule is O=C(CCc1ccc(O)cc1)Nc1ccc2occc2c1. The van der Waals surface area contributed by atoms with Crippen molar-refractivity contribution < 1.29 is 14.3 Å². The summed E-state index contributed by atoms with van der Waals surface area (Å²) in [6, 6.07) is 14.3. The van der Waals surface area contributed by atoms with Crippen LogP contribution in [-0.2, 0) is 11.2 Å². The van der Waals surface area contributed by atoms with Crippen molar-refractivity contribution in [3.05, 3.63) is 60.4 Å². The number of carbonyl (C=O) groups is 1. The highest BCUT2D eigenvalue weighted by molar-refractivity contribution is 5.93. The number of benzene rings is 2. The molecule has 0 saturated heterocycles. The molecule has 4 heteroatoms. The number of phenols is 1. The van der Waals surface area contributed by atoms with E-state index >= 15 is 0 Å². The van der Waals surface area contributed by atoms with Crippen LogP contribution in [0.4, 0.5) is 5.69 Å². The number of fused-ring (bicyclic) bond motifs is 1. The number of carbonyl (C=O) groups excluding carboxylic acids is 1. The fourth-order valence-electron chi connectivity index (χ4n) is 2.19. The molecule has 21 heavy (non-hydrogen) atoms. The van der Waals surface area contributed by atoms with Gasteiger partial charge in [0.2, 0.25) is 5.91 Å². The summed E-state index contributed by atoms with van der Waals surface area (Å²) in [6.07, 6.45) is 2.66. The lowest BCUT2D eigenvalue weighted by Gasteiger charge is -2.05. The highest BCUT2D eigenvalue weighted by atomic mass is 16.3. The summed E-state index contributed by atoms with van der Waals surface area (Å²) < 4.78 is 5.26. The first-order chi connectivity index (χ1) is 10.2. The Hall–Kier alpha value is -2.75. The molecule has 4 nitrogen and oxygen atoms in total. The number of nitrogens with one attached hydrogen (secondary N) is 1. The van der Waals surface area contributed by atoms with E-state index in [1.165, 1.54) is 0 Å². The summed E-state index contributed by atoms with van der Waals surface area (Å²) >= 11 is 0. The van der Waals surface area contributed by atoms with Crippen LogP contribution in [-0.4, -0.2) is 11.0 Å². The van der Waals surface area contributed by atoms with Crippen LogP contribution in [0.15, 0.2) is 59.2 Å². The Balaban J connectivity index is 1.59. The molecule has 1 aromatic heterocycles. The molecular formula is C17H15NO3. The van der Waals surface area contributed by atoms with Gasteiger partial charge in [0.25, 0.3) is 0 Å². The molecule has 2 N–H and O–H groups in total. The normalized spacial score (nSPS) is 10.7. The van der Waals surface area contributed by atoms with Gasteiger partial charge in [0.15, 0.2) is 0 Å².